The Labute approximate surface area is 226 Å². The summed E-state index contributed by atoms with van der Waals surface area (Å²) in [5.41, 5.74) is 5.24. The van der Waals surface area contributed by atoms with Crippen LogP contribution in [0.5, 0.6) is 17.2 Å². The average Bonchev–Trinajstić information content (AvgIpc) is 3.11. The molecule has 0 aromatic heterocycles. The van der Waals surface area contributed by atoms with E-state index < -0.39 is 5.97 Å². The fourth-order valence-electron chi connectivity index (χ4n) is 4.98. The molecule has 0 bridgehead atoms. The Balaban J connectivity index is 1.93. The van der Waals surface area contributed by atoms with Gasteiger partial charge in [0.15, 0.2) is 16.9 Å². The van der Waals surface area contributed by atoms with Crippen LogP contribution in [0, 0.1) is 13.8 Å². The summed E-state index contributed by atoms with van der Waals surface area (Å²) in [5, 5.41) is 2.99. The van der Waals surface area contributed by atoms with Crippen molar-refractivity contribution in [3.8, 4) is 28.4 Å². The standard InChI is InChI=1S/C30H31NO6S/c1-16-7-9-20(17(2)13-16)30(34)37-25-14-19-8-11-23(31-18(3)32)22-15-24(33)26(38-6)12-10-21(22)27(19)29(36-5)28(25)35-4/h7,9-10,12-15,23H,8,11H2,1-6H3,(H,31,32). The lowest BCUT2D eigenvalue weighted by atomic mass is 9.95. The first-order chi connectivity index (χ1) is 18.2. The predicted molar refractivity (Wildman–Crippen MR) is 149 cm³/mol. The Bertz CT molecular complexity index is 1480. The Morgan fingerprint density at radius 1 is 1.00 bits per heavy atom. The van der Waals surface area contributed by atoms with Crippen LogP contribution < -0.4 is 25.0 Å². The average molecular weight is 534 g/mol. The zero-order valence-corrected chi connectivity index (χ0v) is 23.2. The van der Waals surface area contributed by atoms with Crippen molar-refractivity contribution in [2.24, 2.45) is 0 Å². The van der Waals surface area contributed by atoms with E-state index in [4.69, 9.17) is 14.2 Å². The van der Waals surface area contributed by atoms with Gasteiger partial charge in [0.25, 0.3) is 0 Å². The molecule has 1 N–H and O–H groups in total. The molecule has 0 fully saturated rings. The number of thioether (sulfide) groups is 1. The molecule has 1 unspecified atom stereocenters. The van der Waals surface area contributed by atoms with E-state index in [-0.39, 0.29) is 28.9 Å². The molecule has 7 nitrogen and oxygen atoms in total. The van der Waals surface area contributed by atoms with E-state index >= 15 is 0 Å². The van der Waals surface area contributed by atoms with Crippen molar-refractivity contribution < 1.29 is 23.8 Å². The molecular weight excluding hydrogens is 502 g/mol. The molecule has 1 aliphatic rings. The quantitative estimate of drug-likeness (QED) is 0.257. The summed E-state index contributed by atoms with van der Waals surface area (Å²) in [6.45, 7) is 5.29. The van der Waals surface area contributed by atoms with Crippen LogP contribution in [0.15, 0.2) is 52.2 Å². The lowest BCUT2D eigenvalue weighted by Gasteiger charge is -2.20. The third kappa shape index (κ3) is 5.27. The van der Waals surface area contributed by atoms with Gasteiger partial charge in [-0.25, -0.2) is 4.79 Å². The second-order valence-corrected chi connectivity index (χ2v) is 10.1. The molecule has 0 heterocycles. The van der Waals surface area contributed by atoms with Crippen molar-refractivity contribution in [1.82, 2.24) is 5.32 Å². The smallest absolute Gasteiger partial charge is 0.343 e. The first kappa shape index (κ1) is 27.3. The molecule has 0 spiro atoms. The van der Waals surface area contributed by atoms with Crippen LogP contribution in [0.4, 0.5) is 0 Å². The zero-order chi connectivity index (χ0) is 27.6. The van der Waals surface area contributed by atoms with Crippen molar-refractivity contribution in [3.05, 3.63) is 80.5 Å². The number of esters is 1. The predicted octanol–water partition coefficient (Wildman–Crippen LogP) is 5.41. The first-order valence-electron chi connectivity index (χ1n) is 12.3. The van der Waals surface area contributed by atoms with Gasteiger partial charge in [-0.3, -0.25) is 9.59 Å². The van der Waals surface area contributed by atoms with Gasteiger partial charge >= 0.3 is 5.97 Å². The number of hydrogen-bond donors (Lipinski definition) is 1. The maximum Gasteiger partial charge on any atom is 0.343 e. The number of aryl methyl sites for hydroxylation is 3. The van der Waals surface area contributed by atoms with Gasteiger partial charge in [-0.1, -0.05) is 23.8 Å². The first-order valence-corrected chi connectivity index (χ1v) is 13.5. The van der Waals surface area contributed by atoms with Crippen molar-refractivity contribution in [1.29, 1.82) is 0 Å². The topological polar surface area (TPSA) is 90.9 Å². The van der Waals surface area contributed by atoms with E-state index in [1.165, 1.54) is 32.9 Å². The largest absolute Gasteiger partial charge is 0.492 e. The molecule has 8 heteroatoms. The van der Waals surface area contributed by atoms with Crippen LogP contribution in [0.1, 0.15) is 52.0 Å². The summed E-state index contributed by atoms with van der Waals surface area (Å²) < 4.78 is 17.5. The number of methoxy groups -OCH3 is 2. The van der Waals surface area contributed by atoms with E-state index in [0.29, 0.717) is 34.6 Å². The number of ether oxygens (including phenoxy) is 3. The van der Waals surface area contributed by atoms with Crippen LogP contribution in [0.25, 0.3) is 11.1 Å². The summed E-state index contributed by atoms with van der Waals surface area (Å²) in [5.74, 6) is 0.209. The number of carbonyl (C=O) groups is 2. The highest BCUT2D eigenvalue weighted by molar-refractivity contribution is 7.98. The molecule has 0 aliphatic heterocycles. The highest BCUT2D eigenvalue weighted by atomic mass is 32.2. The summed E-state index contributed by atoms with van der Waals surface area (Å²) in [6.07, 6.45) is 2.93. The molecule has 3 aromatic carbocycles. The number of amides is 1. The molecule has 0 saturated heterocycles. The minimum atomic E-state index is -0.500. The molecule has 1 aliphatic carbocycles. The third-order valence-corrected chi connectivity index (χ3v) is 7.46. The summed E-state index contributed by atoms with van der Waals surface area (Å²) in [4.78, 5) is 38.8. The molecule has 1 atom stereocenters. The highest BCUT2D eigenvalue weighted by Gasteiger charge is 2.30. The molecule has 38 heavy (non-hydrogen) atoms. The fraction of sp³-hybridized carbons (Fsp3) is 0.300. The van der Waals surface area contributed by atoms with E-state index in [1.807, 2.05) is 38.3 Å². The second kappa shape index (κ2) is 11.3. The Hall–Kier alpha value is -3.78. The van der Waals surface area contributed by atoms with Gasteiger partial charge in [-0.05, 0) is 79.5 Å². The van der Waals surface area contributed by atoms with Crippen molar-refractivity contribution >= 4 is 23.6 Å². The van der Waals surface area contributed by atoms with Crippen molar-refractivity contribution in [3.63, 3.8) is 0 Å². The Kier molecular flexibility index (Phi) is 8.11. The van der Waals surface area contributed by atoms with Gasteiger partial charge in [-0.15, -0.1) is 11.8 Å². The number of nitrogens with one attached hydrogen (secondary N) is 1. The van der Waals surface area contributed by atoms with Crippen molar-refractivity contribution in [2.75, 3.05) is 20.5 Å². The molecular formula is C30H31NO6S. The van der Waals surface area contributed by atoms with E-state index in [2.05, 4.69) is 5.32 Å². The summed E-state index contributed by atoms with van der Waals surface area (Å²) in [7, 11) is 3.02. The normalized spacial score (nSPS) is 14.0. The molecule has 198 valence electrons. The lowest BCUT2D eigenvalue weighted by molar-refractivity contribution is -0.119. The zero-order valence-electron chi connectivity index (χ0n) is 22.4. The monoisotopic (exact) mass is 533 g/mol. The van der Waals surface area contributed by atoms with Crippen molar-refractivity contribution in [2.45, 2.75) is 44.6 Å². The van der Waals surface area contributed by atoms with Crippen LogP contribution in [-0.2, 0) is 11.2 Å². The summed E-state index contributed by atoms with van der Waals surface area (Å²) in [6, 6.07) is 12.2. The minimum absolute atomic E-state index is 0.123. The number of benzene rings is 2. The van der Waals surface area contributed by atoms with Gasteiger partial charge in [0.1, 0.15) is 0 Å². The van der Waals surface area contributed by atoms with Crippen LogP contribution >= 0.6 is 11.8 Å². The molecule has 3 aromatic rings. The number of hydrogen-bond acceptors (Lipinski definition) is 7. The van der Waals surface area contributed by atoms with E-state index in [0.717, 1.165) is 27.8 Å². The second-order valence-electron chi connectivity index (χ2n) is 9.25. The van der Waals surface area contributed by atoms with Gasteiger partial charge in [-0.2, -0.15) is 0 Å². The van der Waals surface area contributed by atoms with Crippen LogP contribution in [0.3, 0.4) is 0 Å². The number of rotatable bonds is 6. The SMILES string of the molecule is COc1c(OC(=O)c2ccc(C)cc2C)cc2c(c1OC)-c1ccc(SC)c(=O)cc1C(NC(C)=O)CC2. The van der Waals surface area contributed by atoms with E-state index in [1.54, 1.807) is 24.3 Å². The maximum absolute atomic E-state index is 13.2. The van der Waals surface area contributed by atoms with Crippen LogP contribution in [0.2, 0.25) is 0 Å². The Morgan fingerprint density at radius 3 is 2.37 bits per heavy atom. The van der Waals surface area contributed by atoms with Gasteiger partial charge in [0, 0.05) is 12.5 Å². The fourth-order valence-corrected chi connectivity index (χ4v) is 5.45. The van der Waals surface area contributed by atoms with Gasteiger partial charge in [0.05, 0.1) is 30.7 Å². The lowest BCUT2D eigenvalue weighted by Crippen LogP contribution is -2.26. The number of fused-ring (bicyclic) bond motifs is 3. The number of carbonyl (C=O) groups excluding carboxylic acids is 2. The van der Waals surface area contributed by atoms with Crippen LogP contribution in [-0.4, -0.2) is 32.4 Å². The van der Waals surface area contributed by atoms with E-state index in [9.17, 15) is 14.4 Å². The molecule has 4 rings (SSSR count). The van der Waals surface area contributed by atoms with Gasteiger partial charge in [0.2, 0.25) is 11.7 Å². The van der Waals surface area contributed by atoms with Gasteiger partial charge < -0.3 is 19.5 Å². The maximum atomic E-state index is 13.2. The molecule has 0 radical (unpaired) electrons. The molecule has 0 saturated carbocycles. The summed E-state index contributed by atoms with van der Waals surface area (Å²) >= 11 is 1.36. The minimum Gasteiger partial charge on any atom is -0.492 e. The molecule has 1 amide bonds. The highest BCUT2D eigenvalue weighted by Crippen LogP contribution is 2.50. The third-order valence-electron chi connectivity index (χ3n) is 6.68. The Morgan fingerprint density at radius 2 is 1.74 bits per heavy atom.